The van der Waals surface area contributed by atoms with Crippen LogP contribution in [0.5, 0.6) is 5.75 Å². The van der Waals surface area contributed by atoms with Crippen LogP contribution in [-0.2, 0) is 6.54 Å². The molecule has 106 valence electrons. The highest BCUT2D eigenvalue weighted by molar-refractivity contribution is 9.11. The zero-order valence-electron chi connectivity index (χ0n) is 11.5. The van der Waals surface area contributed by atoms with Crippen LogP contribution in [0, 0.1) is 5.92 Å². The number of nitrogens with one attached hydrogen (secondary N) is 1. The van der Waals surface area contributed by atoms with Gasteiger partial charge in [0.2, 0.25) is 0 Å². The van der Waals surface area contributed by atoms with E-state index in [4.69, 9.17) is 4.74 Å². The fourth-order valence-electron chi connectivity index (χ4n) is 2.78. The Bertz CT molecular complexity index is 413. The van der Waals surface area contributed by atoms with Crippen LogP contribution in [0.15, 0.2) is 21.1 Å². The molecule has 2 atom stereocenters. The highest BCUT2D eigenvalue weighted by Crippen LogP contribution is 2.34. The second kappa shape index (κ2) is 7.09. The molecule has 19 heavy (non-hydrogen) atoms. The van der Waals surface area contributed by atoms with E-state index < -0.39 is 0 Å². The lowest BCUT2D eigenvalue weighted by atomic mass is 9.86. The second-order valence-electron chi connectivity index (χ2n) is 5.34. The summed E-state index contributed by atoms with van der Waals surface area (Å²) in [6.45, 7) is 3.27. The van der Waals surface area contributed by atoms with Crippen LogP contribution in [0.3, 0.4) is 0 Å². The van der Waals surface area contributed by atoms with E-state index in [0.717, 1.165) is 27.2 Å². The molecule has 0 saturated heterocycles. The van der Waals surface area contributed by atoms with Crippen molar-refractivity contribution in [3.8, 4) is 5.75 Å². The maximum atomic E-state index is 5.33. The Morgan fingerprint density at radius 2 is 1.84 bits per heavy atom. The molecular formula is C15H21Br2NO. The van der Waals surface area contributed by atoms with Crippen molar-refractivity contribution >= 4 is 31.9 Å². The molecule has 0 spiro atoms. The number of hydrogen-bond donors (Lipinski definition) is 1. The lowest BCUT2D eigenvalue weighted by Crippen LogP contribution is -2.36. The van der Waals surface area contributed by atoms with Crippen LogP contribution in [0.2, 0.25) is 0 Å². The zero-order chi connectivity index (χ0) is 13.8. The highest BCUT2D eigenvalue weighted by Gasteiger charge is 2.20. The number of methoxy groups -OCH3 is 1. The van der Waals surface area contributed by atoms with E-state index >= 15 is 0 Å². The molecule has 0 aromatic heterocycles. The van der Waals surface area contributed by atoms with Gasteiger partial charge in [-0.1, -0.05) is 19.8 Å². The monoisotopic (exact) mass is 389 g/mol. The predicted molar refractivity (Wildman–Crippen MR) is 86.7 cm³/mol. The summed E-state index contributed by atoms with van der Waals surface area (Å²) in [5.41, 5.74) is 1.28. The summed E-state index contributed by atoms with van der Waals surface area (Å²) in [4.78, 5) is 0. The van der Waals surface area contributed by atoms with E-state index in [1.165, 1.54) is 31.2 Å². The minimum absolute atomic E-state index is 0.661. The van der Waals surface area contributed by atoms with Crippen molar-refractivity contribution in [3.05, 3.63) is 26.6 Å². The van der Waals surface area contributed by atoms with E-state index in [0.29, 0.717) is 6.04 Å². The van der Waals surface area contributed by atoms with E-state index in [1.807, 2.05) is 0 Å². The van der Waals surface area contributed by atoms with Crippen molar-refractivity contribution < 1.29 is 4.74 Å². The van der Waals surface area contributed by atoms with Crippen LogP contribution < -0.4 is 10.1 Å². The van der Waals surface area contributed by atoms with Crippen molar-refractivity contribution in [3.63, 3.8) is 0 Å². The van der Waals surface area contributed by atoms with Crippen LogP contribution >= 0.6 is 31.9 Å². The van der Waals surface area contributed by atoms with Gasteiger partial charge in [-0.25, -0.2) is 0 Å². The summed E-state index contributed by atoms with van der Waals surface area (Å²) >= 11 is 7.11. The third-order valence-corrected chi connectivity index (χ3v) is 5.12. The van der Waals surface area contributed by atoms with Gasteiger partial charge in [0, 0.05) is 12.6 Å². The lowest BCUT2D eigenvalue weighted by molar-refractivity contribution is 0.279. The SMILES string of the molecule is COc1c(Br)cc(CNC2CCCCC2C)cc1Br. The van der Waals surface area contributed by atoms with Crippen molar-refractivity contribution in [2.45, 2.75) is 45.2 Å². The van der Waals surface area contributed by atoms with Gasteiger partial charge in [0.25, 0.3) is 0 Å². The lowest BCUT2D eigenvalue weighted by Gasteiger charge is -2.29. The van der Waals surface area contributed by atoms with Crippen LogP contribution in [0.25, 0.3) is 0 Å². The molecule has 1 aromatic rings. The number of ether oxygens (including phenoxy) is 1. The molecule has 2 rings (SSSR count). The molecule has 0 radical (unpaired) electrons. The molecule has 2 unspecified atom stereocenters. The normalized spacial score (nSPS) is 23.4. The van der Waals surface area contributed by atoms with E-state index in [2.05, 4.69) is 56.2 Å². The first kappa shape index (κ1) is 15.3. The molecular weight excluding hydrogens is 370 g/mol. The van der Waals surface area contributed by atoms with Gasteiger partial charge in [-0.05, 0) is 68.3 Å². The van der Waals surface area contributed by atoms with Gasteiger partial charge in [0.15, 0.2) is 0 Å². The topological polar surface area (TPSA) is 21.3 Å². The van der Waals surface area contributed by atoms with E-state index in [9.17, 15) is 0 Å². The molecule has 1 aliphatic carbocycles. The van der Waals surface area contributed by atoms with E-state index in [1.54, 1.807) is 7.11 Å². The van der Waals surface area contributed by atoms with Crippen molar-refractivity contribution in [1.82, 2.24) is 5.32 Å². The Kier molecular flexibility index (Phi) is 5.72. The van der Waals surface area contributed by atoms with Gasteiger partial charge in [0.05, 0.1) is 16.1 Å². The molecule has 0 heterocycles. The summed E-state index contributed by atoms with van der Waals surface area (Å²) < 4.78 is 7.32. The first-order valence-electron chi connectivity index (χ1n) is 6.87. The van der Waals surface area contributed by atoms with Crippen LogP contribution in [0.1, 0.15) is 38.2 Å². The maximum Gasteiger partial charge on any atom is 0.147 e. The molecule has 1 aromatic carbocycles. The predicted octanol–water partition coefficient (Wildman–Crippen LogP) is 4.89. The van der Waals surface area contributed by atoms with Crippen LogP contribution in [-0.4, -0.2) is 13.2 Å². The van der Waals surface area contributed by atoms with Gasteiger partial charge in [0.1, 0.15) is 5.75 Å². The number of rotatable bonds is 4. The van der Waals surface area contributed by atoms with Gasteiger partial charge in [-0.3, -0.25) is 0 Å². The number of benzene rings is 1. The fourth-order valence-corrected chi connectivity index (χ4v) is 4.38. The molecule has 2 nitrogen and oxygen atoms in total. The Balaban J connectivity index is 1.99. The summed E-state index contributed by atoms with van der Waals surface area (Å²) in [5, 5.41) is 3.70. The largest absolute Gasteiger partial charge is 0.494 e. The van der Waals surface area contributed by atoms with Crippen molar-refractivity contribution in [1.29, 1.82) is 0 Å². The molecule has 0 aliphatic heterocycles. The quantitative estimate of drug-likeness (QED) is 0.790. The average Bonchev–Trinajstić information content (AvgIpc) is 2.37. The minimum atomic E-state index is 0.661. The van der Waals surface area contributed by atoms with Crippen LogP contribution in [0.4, 0.5) is 0 Å². The molecule has 0 bridgehead atoms. The number of halogens is 2. The summed E-state index contributed by atoms with van der Waals surface area (Å²) in [6, 6.07) is 4.92. The second-order valence-corrected chi connectivity index (χ2v) is 7.05. The Labute approximate surface area is 132 Å². The standard InChI is InChI=1S/C15H21Br2NO/c1-10-5-3-4-6-14(10)18-9-11-7-12(16)15(19-2)13(17)8-11/h7-8,10,14,18H,3-6,9H2,1-2H3. The van der Waals surface area contributed by atoms with Crippen molar-refractivity contribution in [2.24, 2.45) is 5.92 Å². The van der Waals surface area contributed by atoms with Gasteiger partial charge in [-0.15, -0.1) is 0 Å². The molecule has 1 N–H and O–H groups in total. The average molecular weight is 391 g/mol. The highest BCUT2D eigenvalue weighted by atomic mass is 79.9. The van der Waals surface area contributed by atoms with Gasteiger partial charge >= 0.3 is 0 Å². The third-order valence-electron chi connectivity index (χ3n) is 3.94. The summed E-state index contributed by atoms with van der Waals surface area (Å²) in [5.74, 6) is 1.65. The Hall–Kier alpha value is -0.0600. The Morgan fingerprint density at radius 3 is 2.42 bits per heavy atom. The molecule has 1 saturated carbocycles. The summed E-state index contributed by atoms with van der Waals surface area (Å²) in [7, 11) is 1.69. The van der Waals surface area contributed by atoms with Gasteiger partial charge < -0.3 is 10.1 Å². The molecule has 1 fully saturated rings. The van der Waals surface area contributed by atoms with Crippen molar-refractivity contribution in [2.75, 3.05) is 7.11 Å². The van der Waals surface area contributed by atoms with Gasteiger partial charge in [-0.2, -0.15) is 0 Å². The maximum absolute atomic E-state index is 5.33. The number of hydrogen-bond acceptors (Lipinski definition) is 2. The first-order chi connectivity index (χ1) is 9.11. The fraction of sp³-hybridized carbons (Fsp3) is 0.600. The smallest absolute Gasteiger partial charge is 0.147 e. The first-order valence-corrected chi connectivity index (χ1v) is 8.45. The molecule has 1 aliphatic rings. The molecule has 4 heteroatoms. The zero-order valence-corrected chi connectivity index (χ0v) is 14.7. The minimum Gasteiger partial charge on any atom is -0.494 e. The van der Waals surface area contributed by atoms with E-state index in [-0.39, 0.29) is 0 Å². The molecule has 0 amide bonds. The Morgan fingerprint density at radius 1 is 1.21 bits per heavy atom. The summed E-state index contributed by atoms with van der Waals surface area (Å²) in [6.07, 6.45) is 5.41. The third kappa shape index (κ3) is 3.96.